The van der Waals surface area contributed by atoms with Gasteiger partial charge in [-0.25, -0.2) is 0 Å². The van der Waals surface area contributed by atoms with Crippen LogP contribution in [0.3, 0.4) is 0 Å². The highest BCUT2D eigenvalue weighted by Crippen LogP contribution is 2.25. The molecule has 0 aliphatic heterocycles. The van der Waals surface area contributed by atoms with Crippen molar-refractivity contribution in [2.75, 3.05) is 13.2 Å². The van der Waals surface area contributed by atoms with E-state index in [-0.39, 0.29) is 13.2 Å². The lowest BCUT2D eigenvalue weighted by atomic mass is 9.84. The summed E-state index contributed by atoms with van der Waals surface area (Å²) in [5.74, 6) is -1.08. The van der Waals surface area contributed by atoms with Gasteiger partial charge in [-0.3, -0.25) is 0 Å². The van der Waals surface area contributed by atoms with Crippen molar-refractivity contribution in [2.45, 2.75) is 24.5 Å². The van der Waals surface area contributed by atoms with Crippen LogP contribution in [0.25, 0.3) is 0 Å². The van der Waals surface area contributed by atoms with Gasteiger partial charge in [-0.05, 0) is 17.5 Å². The number of aliphatic hydroxyl groups excluding tert-OH is 4. The lowest BCUT2D eigenvalue weighted by Crippen LogP contribution is -2.41. The van der Waals surface area contributed by atoms with Gasteiger partial charge in [-0.2, -0.15) is 0 Å². The van der Waals surface area contributed by atoms with Crippen LogP contribution in [0.5, 0.6) is 0 Å². The minimum absolute atomic E-state index is 0.236. The highest BCUT2D eigenvalue weighted by molar-refractivity contribution is 5.22. The highest BCUT2D eigenvalue weighted by atomic mass is 16.3. The molecule has 0 saturated heterocycles. The van der Waals surface area contributed by atoms with Crippen molar-refractivity contribution in [2.24, 2.45) is 5.92 Å². The van der Waals surface area contributed by atoms with Crippen LogP contribution in [0.2, 0.25) is 0 Å². The zero-order chi connectivity index (χ0) is 16.7. The lowest BCUT2D eigenvalue weighted by Gasteiger charge is -2.30. The quantitative estimate of drug-likeness (QED) is 0.592. The van der Waals surface area contributed by atoms with Crippen molar-refractivity contribution in [3.63, 3.8) is 0 Å². The summed E-state index contributed by atoms with van der Waals surface area (Å²) in [5, 5.41) is 40.2. The van der Waals surface area contributed by atoms with Gasteiger partial charge >= 0.3 is 0 Å². The summed E-state index contributed by atoms with van der Waals surface area (Å²) in [6, 6.07) is 18.6. The third-order valence-corrected chi connectivity index (χ3v) is 4.24. The van der Waals surface area contributed by atoms with E-state index in [4.69, 9.17) is 0 Å². The Balaban J connectivity index is 2.10. The molecular formula is C19H24O4. The summed E-state index contributed by atoms with van der Waals surface area (Å²) in [7, 11) is 0. The predicted octanol–water partition coefficient (Wildman–Crippen LogP) is 1.34. The molecule has 0 heterocycles. The van der Waals surface area contributed by atoms with E-state index < -0.39 is 24.0 Å². The van der Waals surface area contributed by atoms with Crippen LogP contribution in [-0.4, -0.2) is 45.8 Å². The maximum Gasteiger partial charge on any atom is 0.0893 e. The van der Waals surface area contributed by atoms with Crippen molar-refractivity contribution in [3.8, 4) is 0 Å². The second-order valence-corrected chi connectivity index (χ2v) is 5.81. The van der Waals surface area contributed by atoms with Gasteiger partial charge in [0, 0.05) is 18.4 Å². The minimum atomic E-state index is -1.15. The van der Waals surface area contributed by atoms with E-state index >= 15 is 0 Å². The predicted molar refractivity (Wildman–Crippen MR) is 89.0 cm³/mol. The standard InChI is InChI=1S/C19H24O4/c20-12-16(11-14-7-3-1-4-8-14)18(22)19(23)17(13-21)15-9-5-2-6-10-15/h1-10,16-23H,11-13H2. The fourth-order valence-electron chi connectivity index (χ4n) is 2.84. The summed E-state index contributed by atoms with van der Waals surface area (Å²) in [6.07, 6.45) is -1.82. The third kappa shape index (κ3) is 4.62. The van der Waals surface area contributed by atoms with Gasteiger partial charge in [0.2, 0.25) is 0 Å². The first-order valence-electron chi connectivity index (χ1n) is 7.84. The number of aliphatic hydroxyl groups is 4. The summed E-state index contributed by atoms with van der Waals surface area (Å²) >= 11 is 0. The lowest BCUT2D eigenvalue weighted by molar-refractivity contribution is -0.0514. The minimum Gasteiger partial charge on any atom is -0.396 e. The SMILES string of the molecule is OCC(Cc1ccccc1)C(O)C(O)C(CO)c1ccccc1. The summed E-state index contributed by atoms with van der Waals surface area (Å²) in [5.41, 5.74) is 1.75. The topological polar surface area (TPSA) is 80.9 Å². The van der Waals surface area contributed by atoms with E-state index in [2.05, 4.69) is 0 Å². The maximum atomic E-state index is 10.5. The van der Waals surface area contributed by atoms with Gasteiger partial charge in [-0.1, -0.05) is 60.7 Å². The van der Waals surface area contributed by atoms with Gasteiger partial charge in [0.1, 0.15) is 0 Å². The molecule has 4 nitrogen and oxygen atoms in total. The molecule has 4 heteroatoms. The fourth-order valence-corrected chi connectivity index (χ4v) is 2.84. The molecule has 2 rings (SSSR count). The second-order valence-electron chi connectivity index (χ2n) is 5.81. The van der Waals surface area contributed by atoms with Crippen LogP contribution in [0.4, 0.5) is 0 Å². The molecule has 0 saturated carbocycles. The molecule has 0 radical (unpaired) electrons. The van der Waals surface area contributed by atoms with Gasteiger partial charge < -0.3 is 20.4 Å². The van der Waals surface area contributed by atoms with Gasteiger partial charge in [0.05, 0.1) is 18.8 Å². The van der Waals surface area contributed by atoms with Gasteiger partial charge in [0.15, 0.2) is 0 Å². The average Bonchev–Trinajstić information content (AvgIpc) is 2.61. The van der Waals surface area contributed by atoms with Crippen LogP contribution in [0, 0.1) is 5.92 Å². The van der Waals surface area contributed by atoms with Gasteiger partial charge in [0.25, 0.3) is 0 Å². The maximum absolute atomic E-state index is 10.5. The number of hydrogen-bond donors (Lipinski definition) is 4. The van der Waals surface area contributed by atoms with E-state index in [9.17, 15) is 20.4 Å². The fraction of sp³-hybridized carbons (Fsp3) is 0.368. The van der Waals surface area contributed by atoms with E-state index in [1.807, 2.05) is 60.7 Å². The summed E-state index contributed by atoms with van der Waals surface area (Å²) < 4.78 is 0. The number of hydrogen-bond acceptors (Lipinski definition) is 4. The molecule has 0 bridgehead atoms. The number of benzene rings is 2. The first-order chi connectivity index (χ1) is 11.2. The van der Waals surface area contributed by atoms with E-state index in [1.54, 1.807) is 0 Å². The number of rotatable bonds is 8. The van der Waals surface area contributed by atoms with Crippen LogP contribution in [0.1, 0.15) is 17.0 Å². The first-order valence-corrected chi connectivity index (χ1v) is 7.84. The zero-order valence-corrected chi connectivity index (χ0v) is 13.0. The molecule has 0 fully saturated rings. The van der Waals surface area contributed by atoms with E-state index in [0.717, 1.165) is 11.1 Å². The van der Waals surface area contributed by atoms with Crippen LogP contribution in [0.15, 0.2) is 60.7 Å². The molecular weight excluding hydrogens is 292 g/mol. The Hall–Kier alpha value is -1.72. The smallest absolute Gasteiger partial charge is 0.0893 e. The van der Waals surface area contributed by atoms with Crippen LogP contribution >= 0.6 is 0 Å². The zero-order valence-electron chi connectivity index (χ0n) is 13.0. The Bertz CT molecular complexity index is 558. The molecule has 0 aliphatic rings. The molecule has 0 aromatic heterocycles. The van der Waals surface area contributed by atoms with Crippen LogP contribution < -0.4 is 0 Å². The first kappa shape index (κ1) is 17.6. The molecule has 2 aromatic carbocycles. The largest absolute Gasteiger partial charge is 0.396 e. The van der Waals surface area contributed by atoms with Crippen LogP contribution in [-0.2, 0) is 6.42 Å². The molecule has 23 heavy (non-hydrogen) atoms. The molecule has 2 aromatic rings. The van der Waals surface area contributed by atoms with Crippen molar-refractivity contribution in [1.29, 1.82) is 0 Å². The second kappa shape index (κ2) is 8.79. The molecule has 124 valence electrons. The Morgan fingerprint density at radius 1 is 0.696 bits per heavy atom. The molecule has 0 spiro atoms. The third-order valence-electron chi connectivity index (χ3n) is 4.24. The Kier molecular flexibility index (Phi) is 6.74. The molecule has 4 unspecified atom stereocenters. The Labute approximate surface area is 136 Å². The summed E-state index contributed by atoms with van der Waals surface area (Å²) in [6.45, 7) is -0.508. The van der Waals surface area contributed by atoms with E-state index in [0.29, 0.717) is 6.42 Å². The molecule has 4 atom stereocenters. The van der Waals surface area contributed by atoms with Crippen molar-refractivity contribution >= 4 is 0 Å². The highest BCUT2D eigenvalue weighted by Gasteiger charge is 2.32. The Morgan fingerprint density at radius 2 is 1.26 bits per heavy atom. The summed E-state index contributed by atoms with van der Waals surface area (Å²) in [4.78, 5) is 0. The molecule has 0 amide bonds. The van der Waals surface area contributed by atoms with Crippen molar-refractivity contribution < 1.29 is 20.4 Å². The monoisotopic (exact) mass is 316 g/mol. The average molecular weight is 316 g/mol. The van der Waals surface area contributed by atoms with E-state index in [1.165, 1.54) is 0 Å². The normalized spacial score (nSPS) is 16.5. The Morgan fingerprint density at radius 3 is 1.78 bits per heavy atom. The molecule has 0 aliphatic carbocycles. The van der Waals surface area contributed by atoms with Crippen molar-refractivity contribution in [3.05, 3.63) is 71.8 Å². The van der Waals surface area contributed by atoms with Gasteiger partial charge in [-0.15, -0.1) is 0 Å². The van der Waals surface area contributed by atoms with Crippen molar-refractivity contribution in [1.82, 2.24) is 0 Å². The molecule has 4 N–H and O–H groups in total.